The van der Waals surface area contributed by atoms with Crippen LogP contribution in [0, 0.1) is 18.6 Å². The summed E-state index contributed by atoms with van der Waals surface area (Å²) in [7, 11) is 0. The Balaban J connectivity index is 1.67. The largest absolute Gasteiger partial charge is 0.419 e. The zero-order valence-electron chi connectivity index (χ0n) is 12.0. The fourth-order valence-corrected chi connectivity index (χ4v) is 2.77. The van der Waals surface area contributed by atoms with Gasteiger partial charge in [-0.25, -0.2) is 8.78 Å². The summed E-state index contributed by atoms with van der Waals surface area (Å²) in [6, 6.07) is 5.04. The number of hydrogen-bond acceptors (Lipinski definition) is 5. The number of hydrogen-bond donors (Lipinski definition) is 1. The second-order valence-corrected chi connectivity index (χ2v) is 5.70. The van der Waals surface area contributed by atoms with E-state index in [1.165, 1.54) is 17.4 Å². The maximum Gasteiger partial charge on any atom is 0.258 e. The molecular weight excluding hydrogens is 324 g/mol. The number of amides is 1. The van der Waals surface area contributed by atoms with Gasteiger partial charge in [0.1, 0.15) is 6.42 Å². The van der Waals surface area contributed by atoms with Crippen molar-refractivity contribution in [3.63, 3.8) is 0 Å². The van der Waals surface area contributed by atoms with E-state index < -0.39 is 17.5 Å². The summed E-state index contributed by atoms with van der Waals surface area (Å²) in [6.45, 7) is 1.92. The average Bonchev–Trinajstić information content (AvgIpc) is 3.11. The minimum absolute atomic E-state index is 0.146. The number of nitrogens with one attached hydrogen (secondary N) is 1. The lowest BCUT2D eigenvalue weighted by Gasteiger charge is -2.03. The minimum atomic E-state index is -1.03. The highest BCUT2D eigenvalue weighted by Crippen LogP contribution is 2.27. The van der Waals surface area contributed by atoms with Crippen LogP contribution in [0.3, 0.4) is 0 Å². The van der Waals surface area contributed by atoms with Crippen molar-refractivity contribution in [2.24, 2.45) is 0 Å². The fraction of sp³-hybridized carbons (Fsp3) is 0.133. The number of rotatable bonds is 4. The highest BCUT2D eigenvalue weighted by Gasteiger charge is 2.15. The molecule has 23 heavy (non-hydrogen) atoms. The van der Waals surface area contributed by atoms with Crippen molar-refractivity contribution < 1.29 is 18.0 Å². The van der Waals surface area contributed by atoms with Crippen molar-refractivity contribution >= 4 is 22.9 Å². The summed E-state index contributed by atoms with van der Waals surface area (Å²) in [4.78, 5) is 12.7. The highest BCUT2D eigenvalue weighted by atomic mass is 32.1. The smallest absolute Gasteiger partial charge is 0.258 e. The number of nitrogens with zero attached hydrogens (tertiary/aromatic N) is 2. The average molecular weight is 335 g/mol. The van der Waals surface area contributed by atoms with Gasteiger partial charge in [-0.1, -0.05) is 0 Å². The van der Waals surface area contributed by atoms with Crippen molar-refractivity contribution in [3.05, 3.63) is 52.7 Å². The Hall–Kier alpha value is -2.61. The number of carbonyl (C=O) groups is 1. The van der Waals surface area contributed by atoms with Crippen LogP contribution < -0.4 is 5.32 Å². The van der Waals surface area contributed by atoms with Crippen molar-refractivity contribution in [1.29, 1.82) is 0 Å². The quantitative estimate of drug-likeness (QED) is 0.791. The summed E-state index contributed by atoms with van der Waals surface area (Å²) in [5.74, 6) is -1.97. The van der Waals surface area contributed by atoms with Crippen LogP contribution in [0.2, 0.25) is 0 Å². The van der Waals surface area contributed by atoms with E-state index in [0.717, 1.165) is 22.6 Å². The monoisotopic (exact) mass is 335 g/mol. The van der Waals surface area contributed by atoms with Gasteiger partial charge in [0.2, 0.25) is 11.8 Å². The molecule has 0 atom stereocenters. The second kappa shape index (κ2) is 6.25. The molecule has 0 unspecified atom stereocenters. The molecule has 3 rings (SSSR count). The molecule has 0 saturated heterocycles. The van der Waals surface area contributed by atoms with E-state index in [1.807, 2.05) is 18.4 Å². The maximum absolute atomic E-state index is 13.1. The molecule has 2 aromatic heterocycles. The van der Waals surface area contributed by atoms with Crippen molar-refractivity contribution in [2.75, 3.05) is 5.32 Å². The first-order valence-electron chi connectivity index (χ1n) is 6.64. The van der Waals surface area contributed by atoms with E-state index in [9.17, 15) is 13.6 Å². The number of aryl methyl sites for hydroxylation is 1. The standard InChI is InChI=1S/C15H11F2N3O2S/c1-8-4-5-23-14(8)15-20-19-13(22-15)7-12(21)18-9-2-3-10(16)11(17)6-9/h2-6H,7H2,1H3,(H,18,21). The number of anilines is 1. The molecule has 0 fully saturated rings. The zero-order chi connectivity index (χ0) is 16.4. The number of halogens is 2. The van der Waals surface area contributed by atoms with Crippen molar-refractivity contribution in [2.45, 2.75) is 13.3 Å². The minimum Gasteiger partial charge on any atom is -0.419 e. The topological polar surface area (TPSA) is 68.0 Å². The lowest BCUT2D eigenvalue weighted by molar-refractivity contribution is -0.115. The third kappa shape index (κ3) is 3.42. The van der Waals surface area contributed by atoms with Crippen molar-refractivity contribution in [3.8, 4) is 10.8 Å². The molecule has 0 aliphatic heterocycles. The third-order valence-corrected chi connectivity index (χ3v) is 4.04. The molecule has 2 heterocycles. The van der Waals surface area contributed by atoms with Crippen LogP contribution in [0.25, 0.3) is 10.8 Å². The first kappa shape index (κ1) is 15.3. The fourth-order valence-electron chi connectivity index (χ4n) is 1.93. The van der Waals surface area contributed by atoms with Crippen LogP contribution >= 0.6 is 11.3 Å². The number of carbonyl (C=O) groups excluding carboxylic acids is 1. The van der Waals surface area contributed by atoms with Crippen LogP contribution in [-0.2, 0) is 11.2 Å². The Kier molecular flexibility index (Phi) is 4.16. The number of thiophene rings is 1. The Morgan fingerprint density at radius 1 is 1.26 bits per heavy atom. The van der Waals surface area contributed by atoms with Crippen LogP contribution in [-0.4, -0.2) is 16.1 Å². The van der Waals surface area contributed by atoms with Gasteiger partial charge in [-0.15, -0.1) is 21.5 Å². The molecule has 0 spiro atoms. The molecule has 0 aliphatic rings. The number of aromatic nitrogens is 2. The second-order valence-electron chi connectivity index (χ2n) is 4.79. The van der Waals surface area contributed by atoms with E-state index in [-0.39, 0.29) is 18.0 Å². The van der Waals surface area contributed by atoms with Crippen LogP contribution in [0.5, 0.6) is 0 Å². The SMILES string of the molecule is Cc1ccsc1-c1nnc(CC(=O)Nc2ccc(F)c(F)c2)o1. The summed E-state index contributed by atoms with van der Waals surface area (Å²) in [5, 5.41) is 12.1. The normalized spacial score (nSPS) is 10.7. The molecular formula is C15H11F2N3O2S. The molecule has 0 saturated carbocycles. The van der Waals surface area contributed by atoms with Gasteiger partial charge in [0.05, 0.1) is 4.88 Å². The Labute approximate surface area is 134 Å². The van der Waals surface area contributed by atoms with Gasteiger partial charge in [-0.3, -0.25) is 4.79 Å². The molecule has 118 valence electrons. The van der Waals surface area contributed by atoms with Gasteiger partial charge in [0, 0.05) is 11.8 Å². The lowest BCUT2D eigenvalue weighted by atomic mass is 10.3. The summed E-state index contributed by atoms with van der Waals surface area (Å²) in [5.41, 5.74) is 1.17. The van der Waals surface area contributed by atoms with E-state index in [2.05, 4.69) is 15.5 Å². The Morgan fingerprint density at radius 2 is 2.09 bits per heavy atom. The van der Waals surface area contributed by atoms with Crippen LogP contribution in [0.1, 0.15) is 11.5 Å². The van der Waals surface area contributed by atoms with Gasteiger partial charge in [-0.05, 0) is 36.1 Å². The first-order chi connectivity index (χ1) is 11.0. The molecule has 5 nitrogen and oxygen atoms in total. The summed E-state index contributed by atoms with van der Waals surface area (Å²) < 4.78 is 31.4. The van der Waals surface area contributed by atoms with Gasteiger partial charge < -0.3 is 9.73 Å². The predicted octanol–water partition coefficient (Wildman–Crippen LogP) is 3.57. The van der Waals surface area contributed by atoms with E-state index >= 15 is 0 Å². The first-order valence-corrected chi connectivity index (χ1v) is 7.52. The Bertz CT molecular complexity index is 860. The molecule has 3 aromatic rings. The summed E-state index contributed by atoms with van der Waals surface area (Å²) in [6.07, 6.45) is -0.156. The molecule has 0 aliphatic carbocycles. The summed E-state index contributed by atoms with van der Waals surface area (Å²) >= 11 is 1.47. The van der Waals surface area contributed by atoms with Crippen LogP contribution in [0.15, 0.2) is 34.1 Å². The Morgan fingerprint density at radius 3 is 2.78 bits per heavy atom. The molecule has 0 radical (unpaired) electrons. The third-order valence-electron chi connectivity index (χ3n) is 3.04. The van der Waals surface area contributed by atoms with Gasteiger partial charge in [0.15, 0.2) is 11.6 Å². The van der Waals surface area contributed by atoms with Crippen LogP contribution in [0.4, 0.5) is 14.5 Å². The predicted molar refractivity (Wildman–Crippen MR) is 81.0 cm³/mol. The van der Waals surface area contributed by atoms with E-state index in [1.54, 1.807) is 0 Å². The highest BCUT2D eigenvalue weighted by molar-refractivity contribution is 7.13. The van der Waals surface area contributed by atoms with E-state index in [0.29, 0.717) is 5.89 Å². The van der Waals surface area contributed by atoms with Gasteiger partial charge in [-0.2, -0.15) is 0 Å². The van der Waals surface area contributed by atoms with Gasteiger partial charge >= 0.3 is 0 Å². The van der Waals surface area contributed by atoms with Gasteiger partial charge in [0.25, 0.3) is 5.89 Å². The van der Waals surface area contributed by atoms with Crippen molar-refractivity contribution in [1.82, 2.24) is 10.2 Å². The molecule has 8 heteroatoms. The lowest BCUT2D eigenvalue weighted by Crippen LogP contribution is -2.14. The molecule has 1 amide bonds. The molecule has 1 N–H and O–H groups in total. The zero-order valence-corrected chi connectivity index (χ0v) is 12.8. The molecule has 0 bridgehead atoms. The number of benzene rings is 1. The van der Waals surface area contributed by atoms with E-state index in [4.69, 9.17) is 4.42 Å². The maximum atomic E-state index is 13.1. The molecule has 1 aromatic carbocycles.